The van der Waals surface area contributed by atoms with Crippen LogP contribution in [-0.2, 0) is 0 Å². The average molecular weight is 400 g/mol. The number of halogens is 2. The maximum absolute atomic E-state index is 6.14. The summed E-state index contributed by atoms with van der Waals surface area (Å²) >= 11 is 12.1. The minimum absolute atomic E-state index is 0.455. The number of fused-ring (bicyclic) bond motifs is 1. The van der Waals surface area contributed by atoms with E-state index in [1.54, 1.807) is 23.0 Å². The average Bonchev–Trinajstić information content (AvgIpc) is 3.11. The monoisotopic (exact) mass is 399 g/mol. The molecule has 0 amide bonds. The number of aromatic nitrogens is 4. The molecule has 1 N–H and O–H groups in total. The normalized spacial score (nSPS) is 10.9. The van der Waals surface area contributed by atoms with Gasteiger partial charge in [-0.25, -0.2) is 14.6 Å². The number of hydrogen-bond donors (Lipinski definition) is 1. The van der Waals surface area contributed by atoms with Gasteiger partial charge in [0.15, 0.2) is 5.65 Å². The summed E-state index contributed by atoms with van der Waals surface area (Å²) in [6.07, 6.45) is 3.20. The fourth-order valence-corrected chi connectivity index (χ4v) is 3.02. The van der Waals surface area contributed by atoms with Gasteiger partial charge in [0, 0.05) is 0 Å². The maximum atomic E-state index is 6.14. The molecular formula is C19H15Cl2N5O. The molecule has 0 spiro atoms. The van der Waals surface area contributed by atoms with Crippen LogP contribution in [0.4, 0.5) is 11.5 Å². The van der Waals surface area contributed by atoms with Crippen LogP contribution in [0.2, 0.25) is 10.0 Å². The molecule has 0 radical (unpaired) electrons. The molecule has 2 aromatic heterocycles. The molecule has 0 aliphatic heterocycles. The van der Waals surface area contributed by atoms with E-state index in [1.807, 2.05) is 37.3 Å². The molecule has 0 aliphatic rings. The fourth-order valence-electron chi connectivity index (χ4n) is 2.73. The van der Waals surface area contributed by atoms with E-state index in [-0.39, 0.29) is 0 Å². The molecule has 136 valence electrons. The third kappa shape index (κ3) is 3.41. The third-order valence-corrected chi connectivity index (χ3v) is 4.69. The number of rotatable bonds is 5. The van der Waals surface area contributed by atoms with E-state index in [9.17, 15) is 0 Å². The first-order chi connectivity index (χ1) is 13.2. The Morgan fingerprint density at radius 2 is 1.93 bits per heavy atom. The summed E-state index contributed by atoms with van der Waals surface area (Å²) in [4.78, 5) is 8.74. The van der Waals surface area contributed by atoms with E-state index in [4.69, 9.17) is 27.9 Å². The number of benzene rings is 2. The second-order valence-electron chi connectivity index (χ2n) is 5.67. The zero-order valence-electron chi connectivity index (χ0n) is 14.4. The summed E-state index contributed by atoms with van der Waals surface area (Å²) in [6.45, 7) is 2.52. The number of hydrogen-bond acceptors (Lipinski definition) is 5. The Labute approximate surface area is 165 Å². The topological polar surface area (TPSA) is 64.9 Å². The molecule has 0 unspecified atom stereocenters. The van der Waals surface area contributed by atoms with Crippen molar-refractivity contribution in [3.05, 3.63) is 65.0 Å². The van der Waals surface area contributed by atoms with Crippen LogP contribution in [0.5, 0.6) is 5.75 Å². The highest BCUT2D eigenvalue weighted by molar-refractivity contribution is 6.42. The second-order valence-corrected chi connectivity index (χ2v) is 6.48. The van der Waals surface area contributed by atoms with Gasteiger partial charge in [0.2, 0.25) is 0 Å². The predicted octanol–water partition coefficient (Wildman–Crippen LogP) is 5.26. The van der Waals surface area contributed by atoms with Crippen molar-refractivity contribution >= 4 is 45.7 Å². The first-order valence-electron chi connectivity index (χ1n) is 8.30. The summed E-state index contributed by atoms with van der Waals surface area (Å²) in [5, 5.41) is 9.46. The van der Waals surface area contributed by atoms with Crippen molar-refractivity contribution in [1.82, 2.24) is 19.7 Å². The third-order valence-electron chi connectivity index (χ3n) is 3.95. The Morgan fingerprint density at radius 1 is 1.07 bits per heavy atom. The Hall–Kier alpha value is -2.83. The molecule has 2 aromatic carbocycles. The lowest BCUT2D eigenvalue weighted by atomic mass is 10.2. The van der Waals surface area contributed by atoms with Crippen molar-refractivity contribution in [3.63, 3.8) is 0 Å². The number of anilines is 2. The van der Waals surface area contributed by atoms with E-state index in [0.29, 0.717) is 28.1 Å². The highest BCUT2D eigenvalue weighted by atomic mass is 35.5. The lowest BCUT2D eigenvalue weighted by Gasteiger charge is -2.12. The van der Waals surface area contributed by atoms with Crippen molar-refractivity contribution in [2.75, 3.05) is 11.9 Å². The van der Waals surface area contributed by atoms with Crippen LogP contribution in [0.3, 0.4) is 0 Å². The van der Waals surface area contributed by atoms with Crippen LogP contribution in [0.1, 0.15) is 6.92 Å². The summed E-state index contributed by atoms with van der Waals surface area (Å²) in [7, 11) is 0. The molecule has 0 saturated heterocycles. The largest absolute Gasteiger partial charge is 0.492 e. The maximum Gasteiger partial charge on any atom is 0.168 e. The molecule has 4 aromatic rings. The molecule has 0 bridgehead atoms. The Bertz CT molecular complexity index is 1110. The van der Waals surface area contributed by atoms with Gasteiger partial charge in [-0.2, -0.15) is 5.10 Å². The quantitative estimate of drug-likeness (QED) is 0.495. The highest BCUT2D eigenvalue weighted by Gasteiger charge is 2.13. The fraction of sp³-hybridized carbons (Fsp3) is 0.105. The summed E-state index contributed by atoms with van der Waals surface area (Å²) in [5.41, 5.74) is 2.24. The smallest absolute Gasteiger partial charge is 0.168 e. The van der Waals surface area contributed by atoms with Crippen molar-refractivity contribution in [1.29, 1.82) is 0 Å². The molecule has 4 rings (SSSR count). The molecule has 0 aliphatic carbocycles. The Balaban J connectivity index is 1.76. The van der Waals surface area contributed by atoms with Gasteiger partial charge in [-0.3, -0.25) is 0 Å². The molecule has 0 atom stereocenters. The van der Waals surface area contributed by atoms with Crippen molar-refractivity contribution in [2.24, 2.45) is 0 Å². The van der Waals surface area contributed by atoms with E-state index in [2.05, 4.69) is 20.4 Å². The summed E-state index contributed by atoms with van der Waals surface area (Å²) in [5.74, 6) is 1.39. The van der Waals surface area contributed by atoms with Crippen LogP contribution in [0, 0.1) is 0 Å². The van der Waals surface area contributed by atoms with Crippen molar-refractivity contribution in [2.45, 2.75) is 6.92 Å². The van der Waals surface area contributed by atoms with Crippen LogP contribution in [0.25, 0.3) is 16.7 Å². The minimum Gasteiger partial charge on any atom is -0.492 e. The molecule has 8 heteroatoms. The molecular weight excluding hydrogens is 385 g/mol. The van der Waals surface area contributed by atoms with Crippen molar-refractivity contribution in [3.8, 4) is 11.4 Å². The van der Waals surface area contributed by atoms with Gasteiger partial charge in [0.25, 0.3) is 0 Å². The van der Waals surface area contributed by atoms with Crippen molar-refractivity contribution < 1.29 is 4.74 Å². The molecule has 2 heterocycles. The molecule has 0 fully saturated rings. The Kier molecular flexibility index (Phi) is 4.83. The van der Waals surface area contributed by atoms with Gasteiger partial charge in [-0.05, 0) is 37.3 Å². The van der Waals surface area contributed by atoms with Crippen LogP contribution in [0.15, 0.2) is 55.0 Å². The van der Waals surface area contributed by atoms with E-state index in [1.165, 1.54) is 6.33 Å². The second kappa shape index (κ2) is 7.42. The van der Waals surface area contributed by atoms with Crippen LogP contribution >= 0.6 is 23.2 Å². The Morgan fingerprint density at radius 3 is 2.74 bits per heavy atom. The first-order valence-corrected chi connectivity index (χ1v) is 9.06. The van der Waals surface area contributed by atoms with Gasteiger partial charge < -0.3 is 10.1 Å². The van der Waals surface area contributed by atoms with E-state index >= 15 is 0 Å². The van der Waals surface area contributed by atoms with Gasteiger partial charge in [-0.1, -0.05) is 35.3 Å². The highest BCUT2D eigenvalue weighted by Crippen LogP contribution is 2.31. The van der Waals surface area contributed by atoms with Gasteiger partial charge in [0.05, 0.1) is 39.6 Å². The summed E-state index contributed by atoms with van der Waals surface area (Å²) < 4.78 is 7.36. The van der Waals surface area contributed by atoms with Gasteiger partial charge in [-0.15, -0.1) is 0 Å². The SMILES string of the molecule is CCOc1ccccc1Nc1ncnc2c1cnn2-c1ccc(Cl)c(Cl)c1. The summed E-state index contributed by atoms with van der Waals surface area (Å²) in [6, 6.07) is 13.0. The predicted molar refractivity (Wildman–Crippen MR) is 108 cm³/mol. The standard InChI is InChI=1S/C19H15Cl2N5O/c1-2-27-17-6-4-3-5-16(17)25-18-13-10-24-26(19(13)23-11-22-18)12-7-8-14(20)15(21)9-12/h3-11H,2H2,1H3,(H,22,23,25). The van der Waals surface area contributed by atoms with E-state index in [0.717, 1.165) is 22.5 Å². The van der Waals surface area contributed by atoms with Crippen LogP contribution in [-0.4, -0.2) is 26.4 Å². The zero-order chi connectivity index (χ0) is 18.8. The number of ether oxygens (including phenoxy) is 1. The van der Waals surface area contributed by atoms with Gasteiger partial charge in [0.1, 0.15) is 17.9 Å². The van der Waals surface area contributed by atoms with Crippen LogP contribution < -0.4 is 10.1 Å². The first kappa shape index (κ1) is 17.6. The van der Waals surface area contributed by atoms with E-state index < -0.39 is 0 Å². The van der Waals surface area contributed by atoms with Gasteiger partial charge >= 0.3 is 0 Å². The number of nitrogens with one attached hydrogen (secondary N) is 1. The lowest BCUT2D eigenvalue weighted by molar-refractivity contribution is 0.342. The minimum atomic E-state index is 0.455. The molecule has 6 nitrogen and oxygen atoms in total. The molecule has 0 saturated carbocycles. The number of nitrogens with zero attached hydrogens (tertiary/aromatic N) is 4. The zero-order valence-corrected chi connectivity index (χ0v) is 15.9. The lowest BCUT2D eigenvalue weighted by Crippen LogP contribution is -2.01. The number of para-hydroxylation sites is 2. The molecule has 27 heavy (non-hydrogen) atoms.